The largest absolute Gasteiger partial charge is 0.465 e. The van der Waals surface area contributed by atoms with Crippen molar-refractivity contribution in [3.05, 3.63) is 115 Å². The van der Waals surface area contributed by atoms with Crippen molar-refractivity contribution in [1.29, 1.82) is 0 Å². The highest BCUT2D eigenvalue weighted by atomic mass is 16.5. The number of benzene rings is 3. The molecule has 0 bridgehead atoms. The fraction of sp³-hybridized carbons (Fsp3) is 0.167. The van der Waals surface area contributed by atoms with Crippen molar-refractivity contribution in [2.45, 2.75) is 25.7 Å². The Morgan fingerprint density at radius 3 is 2.17 bits per heavy atom. The van der Waals surface area contributed by atoms with Gasteiger partial charge in [0.15, 0.2) is 5.65 Å². The number of rotatable bonds is 7. The van der Waals surface area contributed by atoms with Crippen molar-refractivity contribution in [1.82, 2.24) is 14.6 Å². The summed E-state index contributed by atoms with van der Waals surface area (Å²) in [6, 6.07) is 30.5. The molecule has 35 heavy (non-hydrogen) atoms. The molecule has 0 aliphatic heterocycles. The number of hydrogen-bond donors (Lipinski definition) is 0. The molecule has 0 saturated carbocycles. The molecule has 2 heterocycles. The third-order valence-corrected chi connectivity index (χ3v) is 6.40. The van der Waals surface area contributed by atoms with Crippen molar-refractivity contribution in [2.75, 3.05) is 6.61 Å². The van der Waals surface area contributed by atoms with Crippen LogP contribution in [0.4, 0.5) is 0 Å². The second-order valence-electron chi connectivity index (χ2n) is 8.78. The van der Waals surface area contributed by atoms with Gasteiger partial charge in [0.25, 0.3) is 0 Å². The number of aromatic nitrogens is 3. The van der Waals surface area contributed by atoms with Crippen LogP contribution in [0.25, 0.3) is 27.9 Å². The predicted octanol–water partition coefficient (Wildman–Crippen LogP) is 6.13. The maximum Gasteiger partial charge on any atom is 0.318 e. The molecule has 0 fully saturated rings. The summed E-state index contributed by atoms with van der Waals surface area (Å²) in [5.41, 5.74) is 5.83. The fourth-order valence-electron chi connectivity index (χ4n) is 4.55. The minimum Gasteiger partial charge on any atom is -0.465 e. The van der Waals surface area contributed by atoms with Gasteiger partial charge in [0.1, 0.15) is 5.41 Å². The van der Waals surface area contributed by atoms with Crippen LogP contribution in [-0.4, -0.2) is 27.2 Å². The predicted molar refractivity (Wildman–Crippen MR) is 138 cm³/mol. The number of nitrogens with zero attached hydrogens (tertiary/aromatic N) is 3. The van der Waals surface area contributed by atoms with E-state index in [9.17, 15) is 4.79 Å². The minimum absolute atomic E-state index is 0.277. The third-order valence-electron chi connectivity index (χ3n) is 6.40. The van der Waals surface area contributed by atoms with Crippen molar-refractivity contribution in [3.8, 4) is 22.3 Å². The maximum atomic E-state index is 13.3. The van der Waals surface area contributed by atoms with Crippen LogP contribution in [0.5, 0.6) is 0 Å². The summed E-state index contributed by atoms with van der Waals surface area (Å²) in [4.78, 5) is 17.9. The molecule has 0 saturated heterocycles. The highest BCUT2D eigenvalue weighted by Crippen LogP contribution is 2.33. The maximum absolute atomic E-state index is 13.3. The van der Waals surface area contributed by atoms with Crippen molar-refractivity contribution >= 4 is 11.6 Å². The summed E-state index contributed by atoms with van der Waals surface area (Å²) in [6.07, 6.45) is 4.06. The molecule has 2 aromatic heterocycles. The summed E-state index contributed by atoms with van der Waals surface area (Å²) in [7, 11) is 0. The van der Waals surface area contributed by atoms with E-state index in [-0.39, 0.29) is 5.97 Å². The van der Waals surface area contributed by atoms with Crippen molar-refractivity contribution < 1.29 is 9.53 Å². The molecule has 0 N–H and O–H groups in total. The molecule has 0 amide bonds. The lowest BCUT2D eigenvalue weighted by atomic mass is 9.80. The van der Waals surface area contributed by atoms with Crippen LogP contribution < -0.4 is 0 Å². The van der Waals surface area contributed by atoms with Crippen LogP contribution in [0.15, 0.2) is 103 Å². The molecular weight excluding hydrogens is 434 g/mol. The van der Waals surface area contributed by atoms with E-state index < -0.39 is 5.41 Å². The normalized spacial score (nSPS) is 12.9. The molecule has 174 valence electrons. The zero-order valence-corrected chi connectivity index (χ0v) is 19.9. The first-order valence-corrected chi connectivity index (χ1v) is 11.8. The van der Waals surface area contributed by atoms with E-state index >= 15 is 0 Å². The van der Waals surface area contributed by atoms with Crippen LogP contribution in [0.1, 0.15) is 25.1 Å². The third kappa shape index (κ3) is 4.33. The molecule has 1 atom stereocenters. The lowest BCUT2D eigenvalue weighted by Gasteiger charge is -2.28. The van der Waals surface area contributed by atoms with Gasteiger partial charge in [0.05, 0.1) is 18.5 Å². The number of fused-ring (bicyclic) bond motifs is 1. The summed E-state index contributed by atoms with van der Waals surface area (Å²) >= 11 is 0. The molecule has 0 spiro atoms. The molecule has 1 unspecified atom stereocenters. The van der Waals surface area contributed by atoms with E-state index in [1.807, 2.05) is 74.6 Å². The van der Waals surface area contributed by atoms with Crippen molar-refractivity contribution in [3.63, 3.8) is 0 Å². The van der Waals surface area contributed by atoms with Crippen LogP contribution in [-0.2, 0) is 21.4 Å². The van der Waals surface area contributed by atoms with Gasteiger partial charge < -0.3 is 4.74 Å². The minimum atomic E-state index is -0.932. The lowest BCUT2D eigenvalue weighted by molar-refractivity contribution is -0.149. The number of carbonyl (C=O) groups is 1. The Morgan fingerprint density at radius 1 is 0.857 bits per heavy atom. The highest BCUT2D eigenvalue weighted by molar-refractivity contribution is 5.84. The van der Waals surface area contributed by atoms with Crippen LogP contribution in [0.2, 0.25) is 0 Å². The molecule has 3 aromatic carbocycles. The summed E-state index contributed by atoms with van der Waals surface area (Å²) in [5, 5.41) is 4.67. The van der Waals surface area contributed by atoms with Crippen LogP contribution >= 0.6 is 0 Å². The van der Waals surface area contributed by atoms with Gasteiger partial charge in [-0.05, 0) is 48.6 Å². The fourth-order valence-corrected chi connectivity index (χ4v) is 4.55. The van der Waals surface area contributed by atoms with E-state index in [2.05, 4.69) is 46.5 Å². The Hall–Kier alpha value is -4.25. The molecule has 5 rings (SSSR count). The van der Waals surface area contributed by atoms with Gasteiger partial charge in [0, 0.05) is 11.8 Å². The van der Waals surface area contributed by atoms with E-state index in [0.29, 0.717) is 18.7 Å². The van der Waals surface area contributed by atoms with Gasteiger partial charge >= 0.3 is 5.97 Å². The smallest absolute Gasteiger partial charge is 0.318 e. The zero-order valence-electron chi connectivity index (χ0n) is 19.9. The van der Waals surface area contributed by atoms with Gasteiger partial charge in [-0.2, -0.15) is 5.10 Å². The number of carbonyl (C=O) groups excluding carboxylic acids is 1. The number of ether oxygens (including phenoxy) is 1. The average molecular weight is 462 g/mol. The topological polar surface area (TPSA) is 56.5 Å². The zero-order chi connectivity index (χ0) is 24.3. The van der Waals surface area contributed by atoms with Gasteiger partial charge in [-0.3, -0.25) is 4.79 Å². The standard InChI is InChI=1S/C30H27N3O2/c1-3-35-29(34)30(2,20-22-10-6-4-7-11-22)27-18-19-31-28-26(21-32-33(27)28)25-16-14-24(15-17-25)23-12-8-5-9-13-23/h4-19,21H,3,20H2,1-2H3. The van der Waals surface area contributed by atoms with Crippen LogP contribution in [0, 0.1) is 0 Å². The van der Waals surface area contributed by atoms with Gasteiger partial charge in [-0.25, -0.2) is 9.50 Å². The van der Waals surface area contributed by atoms with E-state index in [4.69, 9.17) is 4.74 Å². The monoisotopic (exact) mass is 461 g/mol. The number of hydrogen-bond acceptors (Lipinski definition) is 4. The summed E-state index contributed by atoms with van der Waals surface area (Å²) in [5.74, 6) is -0.277. The number of esters is 1. The van der Waals surface area contributed by atoms with E-state index in [1.54, 1.807) is 10.7 Å². The molecular formula is C30H27N3O2. The summed E-state index contributed by atoms with van der Waals surface area (Å²) in [6.45, 7) is 4.06. The van der Waals surface area contributed by atoms with Crippen LogP contribution in [0.3, 0.4) is 0 Å². The molecule has 0 aliphatic carbocycles. The molecule has 5 heteroatoms. The Morgan fingerprint density at radius 2 is 1.49 bits per heavy atom. The molecule has 0 radical (unpaired) electrons. The van der Waals surface area contributed by atoms with E-state index in [1.165, 1.54) is 5.56 Å². The van der Waals surface area contributed by atoms with E-state index in [0.717, 1.165) is 27.9 Å². The first kappa shape index (κ1) is 22.5. The Kier molecular flexibility index (Phi) is 6.15. The van der Waals surface area contributed by atoms with Gasteiger partial charge in [-0.1, -0.05) is 84.9 Å². The highest BCUT2D eigenvalue weighted by Gasteiger charge is 2.39. The lowest BCUT2D eigenvalue weighted by Crippen LogP contribution is -2.38. The SMILES string of the molecule is CCOC(=O)C(C)(Cc1ccccc1)c1ccnc2c(-c3ccc(-c4ccccc4)cc3)cnn12. The van der Waals surface area contributed by atoms with Gasteiger partial charge in [-0.15, -0.1) is 0 Å². The van der Waals surface area contributed by atoms with Crippen molar-refractivity contribution in [2.24, 2.45) is 0 Å². The molecule has 0 aliphatic rings. The second-order valence-corrected chi connectivity index (χ2v) is 8.78. The Balaban J connectivity index is 1.57. The Bertz CT molecular complexity index is 1440. The van der Waals surface area contributed by atoms with Gasteiger partial charge in [0.2, 0.25) is 0 Å². The Labute approximate surface area is 205 Å². The first-order chi connectivity index (χ1) is 17.1. The quantitative estimate of drug-likeness (QED) is 0.274. The molecule has 5 aromatic rings. The summed E-state index contributed by atoms with van der Waals surface area (Å²) < 4.78 is 7.31. The second kappa shape index (κ2) is 9.55. The average Bonchev–Trinajstić information content (AvgIpc) is 3.34. The first-order valence-electron chi connectivity index (χ1n) is 11.8. The molecule has 5 nitrogen and oxygen atoms in total.